The summed E-state index contributed by atoms with van der Waals surface area (Å²) in [7, 11) is 4.10. The van der Waals surface area contributed by atoms with Gasteiger partial charge in [0.15, 0.2) is 18.9 Å². The van der Waals surface area contributed by atoms with Gasteiger partial charge < -0.3 is 29.4 Å². The SMILES string of the molecule is C[N+](C)(C)CC[P+]([O-])=C(CCO)COC(=O)C(O)CC(=O)O. The first-order valence-electron chi connectivity index (χ1n) is 6.84. The zero-order chi connectivity index (χ0) is 17.3. The molecule has 0 radical (unpaired) electrons. The molecular formula is C13H25NO7P+. The second-order valence-corrected chi connectivity index (χ2v) is 7.71. The predicted molar refractivity (Wildman–Crippen MR) is 80.6 cm³/mol. The van der Waals surface area contributed by atoms with Crippen LogP contribution in [0.5, 0.6) is 0 Å². The van der Waals surface area contributed by atoms with Crippen molar-refractivity contribution in [1.82, 2.24) is 0 Å². The Labute approximate surface area is 131 Å². The van der Waals surface area contributed by atoms with E-state index in [0.29, 0.717) is 22.5 Å². The second-order valence-electron chi connectivity index (χ2n) is 5.88. The molecule has 0 rings (SSSR count). The summed E-state index contributed by atoms with van der Waals surface area (Å²) < 4.78 is 5.41. The highest BCUT2D eigenvalue weighted by molar-refractivity contribution is 7.51. The Morgan fingerprint density at radius 3 is 2.36 bits per heavy atom. The number of aliphatic hydroxyl groups is 2. The van der Waals surface area contributed by atoms with Crippen LogP contribution in [0, 0.1) is 0 Å². The van der Waals surface area contributed by atoms with E-state index in [-0.39, 0.29) is 19.6 Å². The van der Waals surface area contributed by atoms with Gasteiger partial charge in [0.25, 0.3) is 0 Å². The van der Waals surface area contributed by atoms with Crippen molar-refractivity contribution >= 4 is 25.0 Å². The van der Waals surface area contributed by atoms with E-state index in [1.807, 2.05) is 21.1 Å². The van der Waals surface area contributed by atoms with E-state index in [1.54, 1.807) is 0 Å². The molecule has 0 aliphatic heterocycles. The highest BCUT2D eigenvalue weighted by atomic mass is 31.1. The van der Waals surface area contributed by atoms with Gasteiger partial charge in [0.1, 0.15) is 11.8 Å². The van der Waals surface area contributed by atoms with E-state index >= 15 is 0 Å². The molecule has 0 bridgehead atoms. The molecule has 0 aliphatic rings. The Bertz CT molecular complexity index is 417. The van der Waals surface area contributed by atoms with Gasteiger partial charge in [-0.25, -0.2) is 4.79 Å². The molecule has 0 fully saturated rings. The van der Waals surface area contributed by atoms with Crippen LogP contribution in [0.3, 0.4) is 0 Å². The summed E-state index contributed by atoms with van der Waals surface area (Å²) in [5.41, 5.74) is 0. The minimum absolute atomic E-state index is 0.134. The van der Waals surface area contributed by atoms with Crippen LogP contribution in [0.2, 0.25) is 0 Å². The van der Waals surface area contributed by atoms with Crippen molar-refractivity contribution in [2.24, 2.45) is 0 Å². The van der Waals surface area contributed by atoms with Crippen molar-refractivity contribution in [3.63, 3.8) is 0 Å². The molecule has 2 unspecified atom stereocenters. The van der Waals surface area contributed by atoms with E-state index in [2.05, 4.69) is 0 Å². The Morgan fingerprint density at radius 2 is 1.91 bits per heavy atom. The van der Waals surface area contributed by atoms with Crippen LogP contribution >= 0.6 is 7.77 Å². The largest absolute Gasteiger partial charge is 0.630 e. The lowest BCUT2D eigenvalue weighted by molar-refractivity contribution is -0.867. The highest BCUT2D eigenvalue weighted by Crippen LogP contribution is 2.17. The third kappa shape index (κ3) is 9.81. The molecule has 0 saturated heterocycles. The first kappa shape index (κ1) is 20.9. The zero-order valence-corrected chi connectivity index (χ0v) is 14.1. The van der Waals surface area contributed by atoms with Gasteiger partial charge >= 0.3 is 11.9 Å². The lowest BCUT2D eigenvalue weighted by atomic mass is 10.2. The third-order valence-corrected chi connectivity index (χ3v) is 4.41. The molecule has 0 amide bonds. The molecule has 0 aromatic heterocycles. The topological polar surface area (TPSA) is 127 Å². The number of ether oxygens (including phenoxy) is 1. The number of esters is 1. The summed E-state index contributed by atoms with van der Waals surface area (Å²) in [6.45, 7) is 0.137. The molecule has 0 aromatic carbocycles. The fourth-order valence-electron chi connectivity index (χ4n) is 1.45. The summed E-state index contributed by atoms with van der Waals surface area (Å²) in [6.07, 6.45) is -1.98. The van der Waals surface area contributed by atoms with Gasteiger partial charge in [-0.05, 0) is 0 Å². The number of carboxylic acids is 1. The molecule has 128 valence electrons. The molecule has 9 heteroatoms. The van der Waals surface area contributed by atoms with Crippen LogP contribution in [-0.4, -0.2) is 90.2 Å². The quantitative estimate of drug-likeness (QED) is 0.248. The molecule has 0 aromatic rings. The summed E-state index contributed by atoms with van der Waals surface area (Å²) in [6, 6.07) is 0. The standard InChI is InChI=1S/C13H24NO7P/c1-14(2,3)5-7-22(20)10(4-6-15)9-21-13(19)11(16)8-12(17)18/h11,15-16H,4-9H2,1-3H3/p+1. The number of rotatable bonds is 10. The minimum atomic E-state index is -1.76. The molecule has 0 heterocycles. The Hall–Kier alpha value is -1.05. The average Bonchev–Trinajstić information content (AvgIpc) is 2.38. The van der Waals surface area contributed by atoms with Gasteiger partial charge in [-0.15, -0.1) is 0 Å². The van der Waals surface area contributed by atoms with Gasteiger partial charge in [-0.1, -0.05) is 0 Å². The van der Waals surface area contributed by atoms with E-state index in [1.165, 1.54) is 0 Å². The molecule has 8 nitrogen and oxygen atoms in total. The average molecular weight is 338 g/mol. The first-order valence-corrected chi connectivity index (χ1v) is 8.28. The van der Waals surface area contributed by atoms with Crippen LogP contribution in [-0.2, 0) is 14.3 Å². The number of hydrogen-bond acceptors (Lipinski definition) is 6. The maximum atomic E-state index is 12.2. The van der Waals surface area contributed by atoms with Crippen LogP contribution in [0.4, 0.5) is 0 Å². The molecule has 2 atom stereocenters. The molecule has 0 aliphatic carbocycles. The molecular weight excluding hydrogens is 313 g/mol. The van der Waals surface area contributed by atoms with Gasteiger partial charge in [-0.3, -0.25) is 4.79 Å². The van der Waals surface area contributed by atoms with Crippen LogP contribution in [0.1, 0.15) is 12.8 Å². The summed E-state index contributed by atoms with van der Waals surface area (Å²) in [4.78, 5) is 34.0. The Kier molecular flexibility index (Phi) is 9.39. The number of hydrogen-bond donors (Lipinski definition) is 3. The van der Waals surface area contributed by atoms with Gasteiger partial charge in [0.05, 0.1) is 41.9 Å². The summed E-state index contributed by atoms with van der Waals surface area (Å²) >= 11 is 0. The highest BCUT2D eigenvalue weighted by Gasteiger charge is 2.22. The van der Waals surface area contributed by atoms with Crippen molar-refractivity contribution in [3.8, 4) is 0 Å². The number of nitrogens with zero attached hydrogens (tertiary/aromatic N) is 1. The lowest BCUT2D eigenvalue weighted by Gasteiger charge is -2.22. The maximum absolute atomic E-state index is 12.2. The van der Waals surface area contributed by atoms with Crippen molar-refractivity contribution in [3.05, 3.63) is 0 Å². The minimum Gasteiger partial charge on any atom is -0.630 e. The normalized spacial score (nSPS) is 14.3. The van der Waals surface area contributed by atoms with Crippen LogP contribution < -0.4 is 4.89 Å². The Morgan fingerprint density at radius 1 is 1.32 bits per heavy atom. The van der Waals surface area contributed by atoms with Crippen LogP contribution in [0.25, 0.3) is 0 Å². The fraction of sp³-hybridized carbons (Fsp3) is 0.769. The van der Waals surface area contributed by atoms with Gasteiger partial charge in [0.2, 0.25) is 0 Å². The fourth-order valence-corrected chi connectivity index (χ4v) is 3.10. The second kappa shape index (κ2) is 9.86. The number of carbonyl (C=O) groups excluding carboxylic acids is 1. The Balaban J connectivity index is 4.63. The number of aliphatic hydroxyl groups excluding tert-OH is 2. The molecule has 0 spiro atoms. The maximum Gasteiger partial charge on any atom is 0.336 e. The van der Waals surface area contributed by atoms with Gasteiger partial charge in [-0.2, -0.15) is 0 Å². The van der Waals surface area contributed by atoms with E-state index in [0.717, 1.165) is 0 Å². The van der Waals surface area contributed by atoms with E-state index in [4.69, 9.17) is 14.9 Å². The monoisotopic (exact) mass is 338 g/mol. The van der Waals surface area contributed by atoms with Crippen molar-refractivity contribution in [2.75, 3.05) is 47.1 Å². The summed E-state index contributed by atoms with van der Waals surface area (Å²) in [5, 5.41) is 27.1. The smallest absolute Gasteiger partial charge is 0.336 e. The lowest BCUT2D eigenvalue weighted by Crippen LogP contribution is -2.37. The first-order chi connectivity index (χ1) is 10.1. The molecule has 3 N–H and O–H groups in total. The number of carboxylic acid groups (broad SMARTS) is 1. The zero-order valence-electron chi connectivity index (χ0n) is 13.2. The van der Waals surface area contributed by atoms with Gasteiger partial charge in [0, 0.05) is 6.42 Å². The molecule has 0 saturated carbocycles. The predicted octanol–water partition coefficient (Wildman–Crippen LogP) is -1.62. The number of quaternary nitrogens is 1. The van der Waals surface area contributed by atoms with Crippen molar-refractivity contribution in [1.29, 1.82) is 0 Å². The number of aliphatic carboxylic acids is 1. The van der Waals surface area contributed by atoms with E-state index in [9.17, 15) is 19.6 Å². The van der Waals surface area contributed by atoms with Crippen LogP contribution in [0.15, 0.2) is 0 Å². The molecule has 22 heavy (non-hydrogen) atoms. The number of carbonyl (C=O) groups is 2. The van der Waals surface area contributed by atoms with Crippen molar-refractivity contribution < 1.29 is 39.0 Å². The third-order valence-electron chi connectivity index (χ3n) is 2.75. The van der Waals surface area contributed by atoms with E-state index < -0.39 is 32.2 Å². The van der Waals surface area contributed by atoms with Crippen molar-refractivity contribution in [2.45, 2.75) is 18.9 Å². The summed E-state index contributed by atoms with van der Waals surface area (Å²) in [5.74, 6) is -2.40.